The second kappa shape index (κ2) is 5.05. The Hall–Kier alpha value is -0.820. The number of ether oxygens (including phenoxy) is 1. The fourth-order valence-corrected chi connectivity index (χ4v) is 3.04. The monoisotopic (exact) mass is 266 g/mol. The van der Waals surface area contributed by atoms with Crippen LogP contribution in [0, 0.1) is 4.64 Å². The first-order valence-electron chi connectivity index (χ1n) is 6.32. The maximum atomic E-state index is 5.24. The molecular formula is C12H18N4OS. The summed E-state index contributed by atoms with van der Waals surface area (Å²) in [6.07, 6.45) is 0. The van der Waals surface area contributed by atoms with Gasteiger partial charge in [0, 0.05) is 45.5 Å². The maximum absolute atomic E-state index is 5.24. The third kappa shape index (κ3) is 2.33. The van der Waals surface area contributed by atoms with Gasteiger partial charge < -0.3 is 9.72 Å². The van der Waals surface area contributed by atoms with E-state index in [2.05, 4.69) is 19.8 Å². The van der Waals surface area contributed by atoms with E-state index in [1.165, 1.54) is 13.1 Å². The molecule has 0 spiro atoms. The second-order valence-electron chi connectivity index (χ2n) is 4.92. The molecule has 1 aromatic rings. The van der Waals surface area contributed by atoms with E-state index in [9.17, 15) is 0 Å². The molecule has 2 bridgehead atoms. The first-order valence-corrected chi connectivity index (χ1v) is 6.72. The Morgan fingerprint density at radius 3 is 2.83 bits per heavy atom. The van der Waals surface area contributed by atoms with Crippen LogP contribution < -0.4 is 0 Å². The van der Waals surface area contributed by atoms with Gasteiger partial charge in [0.1, 0.15) is 10.5 Å². The quantitative estimate of drug-likeness (QED) is 0.826. The van der Waals surface area contributed by atoms with Gasteiger partial charge in [0.05, 0.1) is 12.6 Å². The van der Waals surface area contributed by atoms with E-state index in [-0.39, 0.29) is 0 Å². The fourth-order valence-electron chi connectivity index (χ4n) is 2.80. The highest BCUT2D eigenvalue weighted by Gasteiger charge is 2.34. The number of hydrogen-bond donors (Lipinski definition) is 1. The molecule has 5 nitrogen and oxygen atoms in total. The van der Waals surface area contributed by atoms with E-state index in [0.717, 1.165) is 31.2 Å². The Bertz CT molecular complexity index is 481. The summed E-state index contributed by atoms with van der Waals surface area (Å²) in [5.74, 6) is 0.985. The number of piperazine rings is 3. The molecule has 3 saturated heterocycles. The van der Waals surface area contributed by atoms with Crippen LogP contribution in [0.3, 0.4) is 0 Å². The Labute approximate surface area is 112 Å². The first kappa shape index (κ1) is 12.2. The van der Waals surface area contributed by atoms with Gasteiger partial charge in [-0.3, -0.25) is 9.80 Å². The molecule has 3 fully saturated rings. The van der Waals surface area contributed by atoms with Crippen molar-refractivity contribution in [2.24, 2.45) is 0 Å². The zero-order valence-corrected chi connectivity index (χ0v) is 11.4. The van der Waals surface area contributed by atoms with Crippen LogP contribution in [0.15, 0.2) is 6.07 Å². The standard InChI is InChI=1S/C12H18N4OS/c1-17-8-9-6-11(18)14-12(13-9)10-7-15-2-4-16(10)5-3-15/h6,10H,2-5,7-8H2,1H3,(H,13,14,18). The average molecular weight is 266 g/mol. The molecule has 1 aromatic heterocycles. The predicted octanol–water partition coefficient (Wildman–Crippen LogP) is 0.958. The number of fused-ring (bicyclic) bond motifs is 3. The highest BCUT2D eigenvalue weighted by atomic mass is 32.1. The lowest BCUT2D eigenvalue weighted by Gasteiger charge is -2.46. The van der Waals surface area contributed by atoms with E-state index in [1.54, 1.807) is 7.11 Å². The summed E-state index contributed by atoms with van der Waals surface area (Å²) in [6, 6.07) is 2.23. The van der Waals surface area contributed by atoms with E-state index in [0.29, 0.717) is 17.3 Å². The molecule has 0 saturated carbocycles. The van der Waals surface area contributed by atoms with E-state index >= 15 is 0 Å². The van der Waals surface area contributed by atoms with Crippen LogP contribution in [-0.4, -0.2) is 59.6 Å². The number of aromatic amines is 1. The molecule has 4 heterocycles. The van der Waals surface area contributed by atoms with Crippen molar-refractivity contribution in [1.29, 1.82) is 0 Å². The predicted molar refractivity (Wildman–Crippen MR) is 70.9 cm³/mol. The lowest BCUT2D eigenvalue weighted by atomic mass is 10.1. The van der Waals surface area contributed by atoms with Crippen molar-refractivity contribution in [3.8, 4) is 0 Å². The van der Waals surface area contributed by atoms with Crippen molar-refractivity contribution >= 4 is 12.2 Å². The van der Waals surface area contributed by atoms with Gasteiger partial charge in [-0.1, -0.05) is 12.2 Å². The van der Waals surface area contributed by atoms with Crippen molar-refractivity contribution in [3.05, 3.63) is 22.2 Å². The van der Waals surface area contributed by atoms with Crippen molar-refractivity contribution in [1.82, 2.24) is 19.8 Å². The number of hydrogen-bond acceptors (Lipinski definition) is 5. The molecule has 0 aromatic carbocycles. The molecule has 0 amide bonds. The number of aromatic nitrogens is 2. The molecule has 0 aliphatic carbocycles. The molecule has 1 atom stereocenters. The zero-order valence-electron chi connectivity index (χ0n) is 10.6. The average Bonchev–Trinajstić information content (AvgIpc) is 2.40. The Morgan fingerprint density at radius 2 is 2.22 bits per heavy atom. The van der Waals surface area contributed by atoms with E-state index in [4.69, 9.17) is 17.0 Å². The van der Waals surface area contributed by atoms with Gasteiger partial charge in [0.2, 0.25) is 0 Å². The van der Waals surface area contributed by atoms with Gasteiger partial charge in [-0.15, -0.1) is 0 Å². The summed E-state index contributed by atoms with van der Waals surface area (Å²) in [5, 5.41) is 0. The summed E-state index contributed by atoms with van der Waals surface area (Å²) in [7, 11) is 1.69. The third-order valence-electron chi connectivity index (χ3n) is 3.71. The van der Waals surface area contributed by atoms with Gasteiger partial charge in [-0.25, -0.2) is 4.98 Å². The summed E-state index contributed by atoms with van der Waals surface area (Å²) in [5.41, 5.74) is 1.00. The van der Waals surface area contributed by atoms with Crippen molar-refractivity contribution in [2.45, 2.75) is 12.6 Å². The molecule has 3 aliphatic heterocycles. The number of H-pyrrole nitrogens is 1. The van der Waals surface area contributed by atoms with Crippen LogP contribution in [-0.2, 0) is 11.3 Å². The summed E-state index contributed by atoms with van der Waals surface area (Å²) in [4.78, 5) is 12.8. The molecular weight excluding hydrogens is 248 g/mol. The van der Waals surface area contributed by atoms with Gasteiger partial charge in [0.25, 0.3) is 0 Å². The van der Waals surface area contributed by atoms with Crippen molar-refractivity contribution < 1.29 is 4.74 Å². The van der Waals surface area contributed by atoms with E-state index < -0.39 is 0 Å². The minimum atomic E-state index is 0.353. The van der Waals surface area contributed by atoms with Crippen LogP contribution >= 0.6 is 12.2 Å². The highest BCUT2D eigenvalue weighted by Crippen LogP contribution is 2.26. The fraction of sp³-hybridized carbons (Fsp3) is 0.667. The molecule has 3 aliphatic rings. The number of methoxy groups -OCH3 is 1. The van der Waals surface area contributed by atoms with Gasteiger partial charge in [0.15, 0.2) is 0 Å². The topological polar surface area (TPSA) is 44.4 Å². The Kier molecular flexibility index (Phi) is 3.43. The van der Waals surface area contributed by atoms with Crippen LogP contribution in [0.5, 0.6) is 0 Å². The lowest BCUT2D eigenvalue weighted by Crippen LogP contribution is -2.57. The lowest BCUT2D eigenvalue weighted by molar-refractivity contribution is 0.00837. The van der Waals surface area contributed by atoms with Crippen LogP contribution in [0.4, 0.5) is 0 Å². The van der Waals surface area contributed by atoms with Gasteiger partial charge in [-0.2, -0.15) is 0 Å². The zero-order chi connectivity index (χ0) is 12.5. The number of nitrogens with one attached hydrogen (secondary N) is 1. The molecule has 6 heteroatoms. The first-order chi connectivity index (χ1) is 8.76. The Balaban J connectivity index is 1.89. The van der Waals surface area contributed by atoms with Crippen molar-refractivity contribution in [3.63, 3.8) is 0 Å². The summed E-state index contributed by atoms with van der Waals surface area (Å²) in [6.45, 7) is 6.21. The SMILES string of the molecule is COCc1cc(=S)nc(C2CN3CCN2CC3)[nH]1. The van der Waals surface area contributed by atoms with Crippen LogP contribution in [0.2, 0.25) is 0 Å². The second-order valence-corrected chi connectivity index (χ2v) is 5.33. The maximum Gasteiger partial charge on any atom is 0.130 e. The molecule has 4 rings (SSSR count). The van der Waals surface area contributed by atoms with Crippen LogP contribution in [0.25, 0.3) is 0 Å². The number of nitrogens with zero attached hydrogens (tertiary/aromatic N) is 3. The minimum Gasteiger partial charge on any atom is -0.378 e. The molecule has 18 heavy (non-hydrogen) atoms. The number of rotatable bonds is 3. The van der Waals surface area contributed by atoms with Crippen LogP contribution in [0.1, 0.15) is 17.6 Å². The highest BCUT2D eigenvalue weighted by molar-refractivity contribution is 7.71. The van der Waals surface area contributed by atoms with Crippen molar-refractivity contribution in [2.75, 3.05) is 39.8 Å². The molecule has 1 unspecified atom stereocenters. The van der Waals surface area contributed by atoms with Gasteiger partial charge in [-0.05, 0) is 6.07 Å². The molecule has 1 N–H and O–H groups in total. The largest absolute Gasteiger partial charge is 0.378 e. The smallest absolute Gasteiger partial charge is 0.130 e. The molecule has 0 radical (unpaired) electrons. The summed E-state index contributed by atoms with van der Waals surface area (Å²) >= 11 is 5.24. The minimum absolute atomic E-state index is 0.353. The summed E-state index contributed by atoms with van der Waals surface area (Å²) < 4.78 is 5.80. The Morgan fingerprint density at radius 1 is 1.44 bits per heavy atom. The molecule has 98 valence electrons. The normalized spacial score (nSPS) is 30.6. The van der Waals surface area contributed by atoms with E-state index in [1.807, 2.05) is 6.07 Å². The van der Waals surface area contributed by atoms with Gasteiger partial charge >= 0.3 is 0 Å². The third-order valence-corrected chi connectivity index (χ3v) is 3.92.